The number of unbranched alkanes of at least 4 members (excludes halogenated alkanes) is 1. The van der Waals surface area contributed by atoms with Crippen molar-refractivity contribution in [3.8, 4) is 0 Å². The van der Waals surface area contributed by atoms with E-state index in [4.69, 9.17) is 4.74 Å². The Bertz CT molecular complexity index is 337. The number of nitrogens with one attached hydrogen (secondary N) is 1. The summed E-state index contributed by atoms with van der Waals surface area (Å²) in [5, 5.41) is 3.60. The van der Waals surface area contributed by atoms with E-state index in [1.165, 1.54) is 18.4 Å². The second kappa shape index (κ2) is 11.8. The van der Waals surface area contributed by atoms with Crippen LogP contribution in [-0.4, -0.2) is 26.3 Å². The molecule has 2 nitrogen and oxygen atoms in total. The first-order chi connectivity index (χ1) is 10.2. The Morgan fingerprint density at radius 2 is 1.81 bits per heavy atom. The molecule has 0 saturated carbocycles. The molecule has 0 spiro atoms. The molecule has 0 fully saturated rings. The van der Waals surface area contributed by atoms with E-state index in [1.54, 1.807) is 0 Å². The van der Waals surface area contributed by atoms with Crippen molar-refractivity contribution in [1.29, 1.82) is 0 Å². The van der Waals surface area contributed by atoms with Gasteiger partial charge >= 0.3 is 0 Å². The smallest absolute Gasteiger partial charge is 0.0469 e. The molecule has 0 saturated heterocycles. The molecule has 120 valence electrons. The van der Waals surface area contributed by atoms with Gasteiger partial charge in [-0.3, -0.25) is 0 Å². The van der Waals surface area contributed by atoms with Crippen molar-refractivity contribution in [2.45, 2.75) is 46.5 Å². The molecule has 0 aliphatic heterocycles. The van der Waals surface area contributed by atoms with Crippen molar-refractivity contribution in [3.63, 3.8) is 0 Å². The summed E-state index contributed by atoms with van der Waals surface area (Å²) in [5.41, 5.74) is 1.43. The predicted molar refractivity (Wildman–Crippen MR) is 91.7 cm³/mol. The van der Waals surface area contributed by atoms with E-state index in [9.17, 15) is 0 Å². The number of hydrogen-bond acceptors (Lipinski definition) is 2. The maximum absolute atomic E-state index is 5.74. The van der Waals surface area contributed by atoms with Gasteiger partial charge in [-0.05, 0) is 49.8 Å². The van der Waals surface area contributed by atoms with Crippen LogP contribution in [-0.2, 0) is 11.2 Å². The molecule has 1 rings (SSSR count). The van der Waals surface area contributed by atoms with Crippen LogP contribution in [0.15, 0.2) is 30.3 Å². The molecule has 1 N–H and O–H groups in total. The highest BCUT2D eigenvalue weighted by atomic mass is 16.5. The molecule has 0 amide bonds. The van der Waals surface area contributed by atoms with E-state index in [-0.39, 0.29) is 0 Å². The van der Waals surface area contributed by atoms with Gasteiger partial charge in [0.05, 0.1) is 0 Å². The summed E-state index contributed by atoms with van der Waals surface area (Å²) in [6.07, 6.45) is 4.67. The quantitative estimate of drug-likeness (QED) is 0.580. The molecule has 1 atom stereocenters. The number of ether oxygens (including phenoxy) is 1. The van der Waals surface area contributed by atoms with E-state index in [1.807, 2.05) is 0 Å². The molecule has 0 aliphatic carbocycles. The first-order valence-electron chi connectivity index (χ1n) is 8.54. The maximum atomic E-state index is 5.74. The third-order valence-electron chi connectivity index (χ3n) is 3.67. The fourth-order valence-electron chi connectivity index (χ4n) is 2.40. The van der Waals surface area contributed by atoms with Crippen molar-refractivity contribution in [2.24, 2.45) is 11.8 Å². The third-order valence-corrected chi connectivity index (χ3v) is 3.67. The van der Waals surface area contributed by atoms with E-state index in [0.29, 0.717) is 11.8 Å². The fourth-order valence-corrected chi connectivity index (χ4v) is 2.40. The maximum Gasteiger partial charge on any atom is 0.0469 e. The first kappa shape index (κ1) is 18.2. The summed E-state index contributed by atoms with van der Waals surface area (Å²) >= 11 is 0. The van der Waals surface area contributed by atoms with Gasteiger partial charge in [0.2, 0.25) is 0 Å². The Kier molecular flexibility index (Phi) is 10.2. The Balaban J connectivity index is 2.34. The third kappa shape index (κ3) is 9.65. The van der Waals surface area contributed by atoms with Crippen LogP contribution in [0.25, 0.3) is 0 Å². The van der Waals surface area contributed by atoms with Crippen molar-refractivity contribution < 1.29 is 4.74 Å². The van der Waals surface area contributed by atoms with Crippen LogP contribution in [0, 0.1) is 11.8 Å². The zero-order valence-corrected chi connectivity index (χ0v) is 14.1. The van der Waals surface area contributed by atoms with Gasteiger partial charge in [-0.1, -0.05) is 57.5 Å². The van der Waals surface area contributed by atoms with Crippen LogP contribution in [0.5, 0.6) is 0 Å². The summed E-state index contributed by atoms with van der Waals surface area (Å²) in [6, 6.07) is 10.8. The Labute approximate surface area is 131 Å². The van der Waals surface area contributed by atoms with Crippen LogP contribution < -0.4 is 5.32 Å². The van der Waals surface area contributed by atoms with Crippen LogP contribution >= 0.6 is 0 Å². The standard InChI is InChI=1S/C19H33NO/c1-4-5-12-21-13-11-19(16-20-15-17(2)3)14-18-9-7-6-8-10-18/h6-10,17,19-20H,4-5,11-16H2,1-3H3. The molecule has 1 aromatic carbocycles. The monoisotopic (exact) mass is 291 g/mol. The molecule has 0 radical (unpaired) electrons. The Morgan fingerprint density at radius 3 is 2.48 bits per heavy atom. The highest BCUT2D eigenvalue weighted by Crippen LogP contribution is 2.12. The Morgan fingerprint density at radius 1 is 1.05 bits per heavy atom. The van der Waals surface area contributed by atoms with Crippen LogP contribution in [0.3, 0.4) is 0 Å². The van der Waals surface area contributed by atoms with Crippen molar-refractivity contribution in [1.82, 2.24) is 5.32 Å². The van der Waals surface area contributed by atoms with Gasteiger partial charge in [-0.2, -0.15) is 0 Å². The van der Waals surface area contributed by atoms with Crippen molar-refractivity contribution in [2.75, 3.05) is 26.3 Å². The van der Waals surface area contributed by atoms with Gasteiger partial charge < -0.3 is 10.1 Å². The molecule has 0 heterocycles. The van der Waals surface area contributed by atoms with Gasteiger partial charge in [-0.15, -0.1) is 0 Å². The molecule has 0 aliphatic rings. The number of benzene rings is 1. The lowest BCUT2D eigenvalue weighted by Crippen LogP contribution is -2.28. The second-order valence-electron chi connectivity index (χ2n) is 6.36. The highest BCUT2D eigenvalue weighted by Gasteiger charge is 2.10. The van der Waals surface area contributed by atoms with E-state index < -0.39 is 0 Å². The summed E-state index contributed by atoms with van der Waals surface area (Å²) in [7, 11) is 0. The van der Waals surface area contributed by atoms with Crippen LogP contribution in [0.4, 0.5) is 0 Å². The summed E-state index contributed by atoms with van der Waals surface area (Å²) in [5.74, 6) is 1.37. The summed E-state index contributed by atoms with van der Waals surface area (Å²) in [4.78, 5) is 0. The number of hydrogen-bond donors (Lipinski definition) is 1. The van der Waals surface area contributed by atoms with Crippen LogP contribution in [0.1, 0.15) is 45.6 Å². The normalized spacial score (nSPS) is 12.8. The topological polar surface area (TPSA) is 21.3 Å². The average Bonchev–Trinajstić information content (AvgIpc) is 2.47. The molecule has 21 heavy (non-hydrogen) atoms. The lowest BCUT2D eigenvalue weighted by molar-refractivity contribution is 0.117. The molecular weight excluding hydrogens is 258 g/mol. The minimum atomic E-state index is 0.660. The molecular formula is C19H33NO. The van der Waals surface area contributed by atoms with Crippen molar-refractivity contribution in [3.05, 3.63) is 35.9 Å². The van der Waals surface area contributed by atoms with Gasteiger partial charge in [0.15, 0.2) is 0 Å². The molecule has 1 unspecified atom stereocenters. The number of rotatable bonds is 12. The largest absolute Gasteiger partial charge is 0.381 e. The zero-order chi connectivity index (χ0) is 15.3. The van der Waals surface area contributed by atoms with Crippen LogP contribution in [0.2, 0.25) is 0 Å². The predicted octanol–water partition coefficient (Wildman–Crippen LogP) is 4.30. The minimum absolute atomic E-state index is 0.660. The second-order valence-corrected chi connectivity index (χ2v) is 6.36. The SMILES string of the molecule is CCCCOCCC(CNCC(C)C)Cc1ccccc1. The lowest BCUT2D eigenvalue weighted by atomic mass is 9.96. The van der Waals surface area contributed by atoms with Gasteiger partial charge in [0.1, 0.15) is 0 Å². The lowest BCUT2D eigenvalue weighted by Gasteiger charge is -2.19. The summed E-state index contributed by atoms with van der Waals surface area (Å²) in [6.45, 7) is 10.7. The van der Waals surface area contributed by atoms with E-state index >= 15 is 0 Å². The first-order valence-corrected chi connectivity index (χ1v) is 8.54. The van der Waals surface area contributed by atoms with Gasteiger partial charge in [0.25, 0.3) is 0 Å². The van der Waals surface area contributed by atoms with Crippen molar-refractivity contribution >= 4 is 0 Å². The van der Waals surface area contributed by atoms with E-state index in [2.05, 4.69) is 56.4 Å². The Hall–Kier alpha value is -0.860. The fraction of sp³-hybridized carbons (Fsp3) is 0.684. The van der Waals surface area contributed by atoms with Gasteiger partial charge in [0, 0.05) is 13.2 Å². The molecule has 0 bridgehead atoms. The summed E-state index contributed by atoms with van der Waals surface area (Å²) < 4.78 is 5.74. The van der Waals surface area contributed by atoms with Gasteiger partial charge in [-0.25, -0.2) is 0 Å². The molecule has 2 heteroatoms. The minimum Gasteiger partial charge on any atom is -0.381 e. The average molecular weight is 291 g/mol. The highest BCUT2D eigenvalue weighted by molar-refractivity contribution is 5.15. The molecule has 0 aromatic heterocycles. The van der Waals surface area contributed by atoms with E-state index in [0.717, 1.165) is 39.1 Å². The molecule has 1 aromatic rings. The zero-order valence-electron chi connectivity index (χ0n) is 14.1.